The van der Waals surface area contributed by atoms with Crippen LogP contribution in [0.1, 0.15) is 18.1 Å². The number of sulfonamides is 1. The number of hydrogen-bond donors (Lipinski definition) is 1. The third-order valence-corrected chi connectivity index (χ3v) is 6.17. The third kappa shape index (κ3) is 3.26. The van der Waals surface area contributed by atoms with Gasteiger partial charge in [0, 0.05) is 6.92 Å². The molecule has 0 spiro atoms. The van der Waals surface area contributed by atoms with Crippen molar-refractivity contribution in [3.63, 3.8) is 0 Å². The molecule has 2 rings (SSSR count). The Hall–Kier alpha value is -1.42. The molecule has 0 unspecified atom stereocenters. The summed E-state index contributed by atoms with van der Waals surface area (Å²) in [7, 11) is -3.43. The van der Waals surface area contributed by atoms with Gasteiger partial charge in [0.25, 0.3) is 0 Å². The number of quaternary nitrogens is 1. The van der Waals surface area contributed by atoms with E-state index in [-0.39, 0.29) is 6.04 Å². The van der Waals surface area contributed by atoms with Crippen LogP contribution >= 0.6 is 0 Å². The Balaban J connectivity index is 2.19. The first-order chi connectivity index (χ1) is 9.86. The molecule has 1 fully saturated rings. The molecular formula is C15H22N3O2S+. The molecule has 114 valence electrons. The molecule has 1 saturated heterocycles. The van der Waals surface area contributed by atoms with Crippen molar-refractivity contribution in [2.45, 2.75) is 31.7 Å². The van der Waals surface area contributed by atoms with Gasteiger partial charge in [-0.05, 0) is 31.0 Å². The predicted molar refractivity (Wildman–Crippen MR) is 80.4 cm³/mol. The Morgan fingerprint density at radius 1 is 1.29 bits per heavy atom. The van der Waals surface area contributed by atoms with E-state index in [4.69, 9.17) is 5.26 Å². The lowest BCUT2D eigenvalue weighted by molar-refractivity contribution is -0.918. The summed E-state index contributed by atoms with van der Waals surface area (Å²) in [6.07, 6.45) is 0. The molecule has 0 saturated carbocycles. The number of nitrogens with zero attached hydrogens (tertiary/aromatic N) is 2. The zero-order valence-corrected chi connectivity index (χ0v) is 13.6. The Morgan fingerprint density at radius 2 is 1.90 bits per heavy atom. The highest BCUT2D eigenvalue weighted by molar-refractivity contribution is 7.89. The number of aryl methyl sites for hydroxylation is 2. The molecule has 1 atom stereocenters. The highest BCUT2D eigenvalue weighted by atomic mass is 32.2. The van der Waals surface area contributed by atoms with Gasteiger partial charge in [-0.15, -0.1) is 0 Å². The number of nitriles is 1. The van der Waals surface area contributed by atoms with Gasteiger partial charge in [-0.3, -0.25) is 0 Å². The van der Waals surface area contributed by atoms with E-state index in [1.165, 1.54) is 0 Å². The van der Waals surface area contributed by atoms with E-state index < -0.39 is 10.0 Å². The van der Waals surface area contributed by atoms with Crippen molar-refractivity contribution in [3.05, 3.63) is 29.3 Å². The predicted octanol–water partition coefficient (Wildman–Crippen LogP) is 0.105. The molecule has 1 aromatic rings. The van der Waals surface area contributed by atoms with Gasteiger partial charge in [0.1, 0.15) is 6.07 Å². The van der Waals surface area contributed by atoms with Gasteiger partial charge >= 0.3 is 0 Å². The molecule has 21 heavy (non-hydrogen) atoms. The van der Waals surface area contributed by atoms with Crippen molar-refractivity contribution < 1.29 is 13.3 Å². The maximum atomic E-state index is 12.8. The van der Waals surface area contributed by atoms with Gasteiger partial charge in [-0.1, -0.05) is 12.1 Å². The van der Waals surface area contributed by atoms with Crippen LogP contribution in [0.4, 0.5) is 0 Å². The van der Waals surface area contributed by atoms with E-state index in [1.54, 1.807) is 10.4 Å². The summed E-state index contributed by atoms with van der Waals surface area (Å²) in [5.41, 5.74) is 1.72. The second-order valence-corrected chi connectivity index (χ2v) is 7.59. The molecule has 0 amide bonds. The van der Waals surface area contributed by atoms with E-state index in [9.17, 15) is 8.42 Å². The number of nitrogens with one attached hydrogen (secondary N) is 1. The van der Waals surface area contributed by atoms with Crippen LogP contribution in [0.2, 0.25) is 0 Å². The van der Waals surface area contributed by atoms with Crippen LogP contribution in [0.15, 0.2) is 23.1 Å². The first kappa shape index (κ1) is 16.0. The van der Waals surface area contributed by atoms with Gasteiger partial charge in [-0.25, -0.2) is 8.42 Å². The molecule has 0 bridgehead atoms. The van der Waals surface area contributed by atoms with Crippen molar-refractivity contribution in [2.24, 2.45) is 0 Å². The van der Waals surface area contributed by atoms with Gasteiger partial charge in [0.2, 0.25) is 10.0 Å². The van der Waals surface area contributed by atoms with Crippen LogP contribution in [0.3, 0.4) is 0 Å². The fraction of sp³-hybridized carbons (Fsp3) is 0.533. The Bertz CT molecular complexity index is 656. The van der Waals surface area contributed by atoms with Crippen LogP contribution in [-0.4, -0.2) is 44.9 Å². The maximum absolute atomic E-state index is 12.8. The molecule has 0 radical (unpaired) electrons. The summed E-state index contributed by atoms with van der Waals surface area (Å²) in [4.78, 5) is 1.56. The van der Waals surface area contributed by atoms with Gasteiger partial charge < -0.3 is 4.90 Å². The largest absolute Gasteiger partial charge is 0.319 e. The van der Waals surface area contributed by atoms with E-state index in [2.05, 4.69) is 6.07 Å². The monoisotopic (exact) mass is 308 g/mol. The topological polar surface area (TPSA) is 65.6 Å². The van der Waals surface area contributed by atoms with Gasteiger partial charge in [0.05, 0.1) is 31.1 Å². The molecule has 1 aliphatic heterocycles. The molecule has 0 aliphatic carbocycles. The number of rotatable bonds is 3. The number of benzene rings is 1. The minimum absolute atomic E-state index is 0.0874. The highest BCUT2D eigenvalue weighted by Gasteiger charge is 2.32. The molecular weight excluding hydrogens is 286 g/mol. The molecule has 1 aromatic carbocycles. The average Bonchev–Trinajstić information content (AvgIpc) is 2.49. The highest BCUT2D eigenvalue weighted by Crippen LogP contribution is 2.21. The zero-order valence-electron chi connectivity index (χ0n) is 12.8. The Labute approximate surface area is 126 Å². The minimum Gasteiger partial charge on any atom is -0.319 e. The SMILES string of the molecule is Cc1ccc(C)c(S(=O)(=O)N2CC[NH+]([C@@H](C)C#N)CC2)c1. The third-order valence-electron chi connectivity index (χ3n) is 4.13. The van der Waals surface area contributed by atoms with Crippen molar-refractivity contribution in [1.82, 2.24) is 4.31 Å². The van der Waals surface area contributed by atoms with Crippen LogP contribution < -0.4 is 4.90 Å². The number of piperazine rings is 1. The fourth-order valence-corrected chi connectivity index (χ4v) is 4.41. The smallest absolute Gasteiger partial charge is 0.243 e. The maximum Gasteiger partial charge on any atom is 0.243 e. The fourth-order valence-electron chi connectivity index (χ4n) is 2.66. The normalized spacial score (nSPS) is 19.1. The van der Waals surface area contributed by atoms with E-state index >= 15 is 0 Å². The van der Waals surface area contributed by atoms with Gasteiger partial charge in [0.15, 0.2) is 6.04 Å². The van der Waals surface area contributed by atoms with Crippen LogP contribution in [0, 0.1) is 25.2 Å². The van der Waals surface area contributed by atoms with Gasteiger partial charge in [-0.2, -0.15) is 9.57 Å². The Kier molecular flexibility index (Phi) is 4.67. The number of hydrogen-bond acceptors (Lipinski definition) is 3. The molecule has 1 heterocycles. The van der Waals surface area contributed by atoms with E-state index in [0.717, 1.165) is 16.0 Å². The summed E-state index contributed by atoms with van der Waals surface area (Å²) in [5.74, 6) is 0. The average molecular weight is 308 g/mol. The van der Waals surface area contributed by atoms with Crippen molar-refractivity contribution >= 4 is 10.0 Å². The summed E-state index contributed by atoms with van der Waals surface area (Å²) in [6, 6.07) is 7.65. The lowest BCUT2D eigenvalue weighted by Crippen LogP contribution is -3.17. The van der Waals surface area contributed by atoms with E-state index in [0.29, 0.717) is 31.1 Å². The Morgan fingerprint density at radius 3 is 2.48 bits per heavy atom. The first-order valence-electron chi connectivity index (χ1n) is 7.18. The summed E-state index contributed by atoms with van der Waals surface area (Å²) >= 11 is 0. The summed E-state index contributed by atoms with van der Waals surface area (Å²) in [6.45, 7) is 7.90. The molecule has 6 heteroatoms. The quantitative estimate of drug-likeness (QED) is 0.861. The van der Waals surface area contributed by atoms with Crippen LogP contribution in [0.25, 0.3) is 0 Å². The van der Waals surface area contributed by atoms with Crippen molar-refractivity contribution in [2.75, 3.05) is 26.2 Å². The summed E-state index contributed by atoms with van der Waals surface area (Å²) in [5, 5.41) is 8.96. The van der Waals surface area contributed by atoms with Crippen LogP contribution in [0.5, 0.6) is 0 Å². The first-order valence-corrected chi connectivity index (χ1v) is 8.62. The molecule has 5 nitrogen and oxygen atoms in total. The molecule has 0 aromatic heterocycles. The molecule has 1 aliphatic rings. The minimum atomic E-state index is -3.43. The summed E-state index contributed by atoms with van der Waals surface area (Å²) < 4.78 is 27.1. The second-order valence-electron chi connectivity index (χ2n) is 5.68. The van der Waals surface area contributed by atoms with E-state index in [1.807, 2.05) is 32.9 Å². The lowest BCUT2D eigenvalue weighted by Gasteiger charge is -2.32. The van der Waals surface area contributed by atoms with Crippen molar-refractivity contribution in [3.8, 4) is 6.07 Å². The van der Waals surface area contributed by atoms with Crippen LogP contribution in [-0.2, 0) is 10.0 Å². The molecule has 1 N–H and O–H groups in total. The second kappa shape index (κ2) is 6.14. The van der Waals surface area contributed by atoms with Crippen molar-refractivity contribution in [1.29, 1.82) is 5.26 Å². The zero-order chi connectivity index (χ0) is 15.6. The standard InChI is InChI=1S/C15H21N3O2S/c1-12-4-5-13(2)15(10-12)21(19,20)18-8-6-17(7-9-18)14(3)11-16/h4-5,10,14H,6-9H2,1-3H3/p+1/t14-/m0/s1. The lowest BCUT2D eigenvalue weighted by atomic mass is 10.2.